The predicted molar refractivity (Wildman–Crippen MR) is 66.0 cm³/mol. The van der Waals surface area contributed by atoms with Gasteiger partial charge in [0, 0.05) is 26.4 Å². The smallest absolute Gasteiger partial charge is 0.328 e. The van der Waals surface area contributed by atoms with Crippen molar-refractivity contribution in [2.75, 3.05) is 34.0 Å². The molecule has 0 amide bonds. The van der Waals surface area contributed by atoms with Crippen molar-refractivity contribution in [3.05, 3.63) is 0 Å². The molecule has 0 aliphatic heterocycles. The number of rotatable bonds is 9. The zero-order valence-electron chi connectivity index (χ0n) is 11.5. The van der Waals surface area contributed by atoms with Crippen LogP contribution >= 0.6 is 0 Å². The second kappa shape index (κ2) is 8.44. The van der Waals surface area contributed by atoms with E-state index in [9.17, 15) is 4.79 Å². The lowest BCUT2D eigenvalue weighted by Gasteiger charge is -2.29. The minimum Gasteiger partial charge on any atom is -0.468 e. The Morgan fingerprint density at radius 2 is 1.94 bits per heavy atom. The lowest BCUT2D eigenvalue weighted by Crippen LogP contribution is -2.56. The molecule has 0 bridgehead atoms. The van der Waals surface area contributed by atoms with Gasteiger partial charge in [-0.3, -0.25) is 5.32 Å². The van der Waals surface area contributed by atoms with E-state index in [1.54, 1.807) is 14.0 Å². The fourth-order valence-electron chi connectivity index (χ4n) is 1.60. The van der Waals surface area contributed by atoms with Gasteiger partial charge in [-0.15, -0.1) is 0 Å². The second-order valence-electron chi connectivity index (χ2n) is 4.52. The van der Waals surface area contributed by atoms with Gasteiger partial charge < -0.3 is 14.2 Å². The van der Waals surface area contributed by atoms with Gasteiger partial charge in [0.05, 0.1) is 13.7 Å². The van der Waals surface area contributed by atoms with E-state index in [0.717, 1.165) is 6.42 Å². The predicted octanol–water partition coefficient (Wildman–Crippen LogP) is 0.969. The first kappa shape index (κ1) is 16.4. The van der Waals surface area contributed by atoms with Crippen molar-refractivity contribution in [3.8, 4) is 0 Å². The molecule has 1 N–H and O–H groups in total. The van der Waals surface area contributed by atoms with Gasteiger partial charge >= 0.3 is 5.97 Å². The number of esters is 1. The Balaban J connectivity index is 4.15. The highest BCUT2D eigenvalue weighted by atomic mass is 16.5. The molecule has 0 saturated carbocycles. The summed E-state index contributed by atoms with van der Waals surface area (Å²) >= 11 is 0. The Hall–Kier alpha value is -0.650. The normalized spacial score (nSPS) is 14.7. The second-order valence-corrected chi connectivity index (χ2v) is 4.52. The lowest BCUT2D eigenvalue weighted by molar-refractivity contribution is -0.151. The van der Waals surface area contributed by atoms with Crippen LogP contribution < -0.4 is 5.32 Å². The zero-order chi connectivity index (χ0) is 13.3. The zero-order valence-corrected chi connectivity index (χ0v) is 11.5. The number of nitrogens with one attached hydrogen (secondary N) is 1. The molecular weight excluding hydrogens is 222 g/mol. The fraction of sp³-hybridized carbons (Fsp3) is 0.917. The maximum Gasteiger partial charge on any atom is 0.328 e. The van der Waals surface area contributed by atoms with Crippen LogP contribution in [0, 0.1) is 0 Å². The standard InChI is InChI=1S/C12H25NO4/c1-10(2)13-12(3,11(14)16-5)9-17-8-6-7-15-4/h10,13H,6-9H2,1-5H3. The molecule has 0 aromatic rings. The molecule has 0 aromatic heterocycles. The Kier molecular flexibility index (Phi) is 8.12. The summed E-state index contributed by atoms with van der Waals surface area (Å²) in [4.78, 5) is 11.7. The largest absolute Gasteiger partial charge is 0.468 e. The van der Waals surface area contributed by atoms with E-state index in [0.29, 0.717) is 19.8 Å². The molecular formula is C12H25NO4. The minimum atomic E-state index is -0.796. The van der Waals surface area contributed by atoms with E-state index in [4.69, 9.17) is 14.2 Å². The van der Waals surface area contributed by atoms with Gasteiger partial charge in [-0.05, 0) is 27.2 Å². The van der Waals surface area contributed by atoms with Crippen LogP contribution in [0.25, 0.3) is 0 Å². The third-order valence-corrected chi connectivity index (χ3v) is 2.27. The summed E-state index contributed by atoms with van der Waals surface area (Å²) in [6.07, 6.45) is 0.815. The van der Waals surface area contributed by atoms with Crippen LogP contribution in [-0.4, -0.2) is 51.6 Å². The number of ether oxygens (including phenoxy) is 3. The first-order valence-corrected chi connectivity index (χ1v) is 5.89. The van der Waals surface area contributed by atoms with Gasteiger partial charge in [-0.1, -0.05) is 0 Å². The Bertz CT molecular complexity index is 221. The molecule has 0 aromatic carbocycles. The highest BCUT2D eigenvalue weighted by molar-refractivity contribution is 5.80. The average molecular weight is 247 g/mol. The van der Waals surface area contributed by atoms with Crippen molar-refractivity contribution in [2.24, 2.45) is 0 Å². The summed E-state index contributed by atoms with van der Waals surface area (Å²) in [5.74, 6) is -0.307. The van der Waals surface area contributed by atoms with Crippen molar-refractivity contribution >= 4 is 5.97 Å². The molecule has 102 valence electrons. The molecule has 1 unspecified atom stereocenters. The maximum absolute atomic E-state index is 11.7. The number of methoxy groups -OCH3 is 2. The van der Waals surface area contributed by atoms with Crippen molar-refractivity contribution in [1.82, 2.24) is 5.32 Å². The Morgan fingerprint density at radius 1 is 1.29 bits per heavy atom. The first-order chi connectivity index (χ1) is 7.96. The molecule has 0 rings (SSSR count). The van der Waals surface area contributed by atoms with Gasteiger partial charge in [-0.25, -0.2) is 4.79 Å². The summed E-state index contributed by atoms with van der Waals surface area (Å²) in [7, 11) is 3.03. The van der Waals surface area contributed by atoms with Crippen molar-refractivity contribution < 1.29 is 19.0 Å². The van der Waals surface area contributed by atoms with Crippen LogP contribution in [0.3, 0.4) is 0 Å². The van der Waals surface area contributed by atoms with Crippen molar-refractivity contribution in [2.45, 2.75) is 38.8 Å². The van der Waals surface area contributed by atoms with Crippen LogP contribution in [0.4, 0.5) is 0 Å². The van der Waals surface area contributed by atoms with E-state index in [1.807, 2.05) is 13.8 Å². The molecule has 1 atom stereocenters. The summed E-state index contributed by atoms with van der Waals surface area (Å²) in [6.45, 7) is 7.27. The third kappa shape index (κ3) is 6.61. The summed E-state index contributed by atoms with van der Waals surface area (Å²) in [5, 5.41) is 3.17. The molecule has 5 nitrogen and oxygen atoms in total. The van der Waals surface area contributed by atoms with Crippen LogP contribution in [0.15, 0.2) is 0 Å². The van der Waals surface area contributed by atoms with Crippen LogP contribution in [-0.2, 0) is 19.0 Å². The Labute approximate surface area is 104 Å². The molecule has 5 heteroatoms. The summed E-state index contributed by atoms with van der Waals surface area (Å²) < 4.78 is 15.2. The molecule has 0 radical (unpaired) electrons. The van der Waals surface area contributed by atoms with E-state index in [2.05, 4.69) is 5.32 Å². The molecule has 0 aliphatic carbocycles. The first-order valence-electron chi connectivity index (χ1n) is 5.89. The van der Waals surface area contributed by atoms with E-state index < -0.39 is 5.54 Å². The number of carbonyl (C=O) groups is 1. The number of carbonyl (C=O) groups excluding carboxylic acids is 1. The van der Waals surface area contributed by atoms with Gasteiger partial charge in [0.25, 0.3) is 0 Å². The van der Waals surface area contributed by atoms with Gasteiger partial charge in [0.2, 0.25) is 0 Å². The van der Waals surface area contributed by atoms with Crippen molar-refractivity contribution in [3.63, 3.8) is 0 Å². The quantitative estimate of drug-likeness (QED) is 0.486. The van der Waals surface area contributed by atoms with E-state index in [-0.39, 0.29) is 12.0 Å². The van der Waals surface area contributed by atoms with Gasteiger partial charge in [0.1, 0.15) is 5.54 Å². The number of hydrogen-bond acceptors (Lipinski definition) is 5. The van der Waals surface area contributed by atoms with E-state index >= 15 is 0 Å². The van der Waals surface area contributed by atoms with Gasteiger partial charge in [0.15, 0.2) is 0 Å². The topological polar surface area (TPSA) is 56.8 Å². The molecule has 0 spiro atoms. The van der Waals surface area contributed by atoms with Gasteiger partial charge in [-0.2, -0.15) is 0 Å². The fourth-order valence-corrected chi connectivity index (χ4v) is 1.60. The minimum absolute atomic E-state index is 0.182. The molecule has 0 saturated heterocycles. The van der Waals surface area contributed by atoms with Crippen LogP contribution in [0.2, 0.25) is 0 Å². The van der Waals surface area contributed by atoms with E-state index in [1.165, 1.54) is 7.11 Å². The highest BCUT2D eigenvalue weighted by Crippen LogP contribution is 2.09. The molecule has 0 fully saturated rings. The highest BCUT2D eigenvalue weighted by Gasteiger charge is 2.35. The molecule has 17 heavy (non-hydrogen) atoms. The Morgan fingerprint density at radius 3 is 2.41 bits per heavy atom. The SMILES string of the molecule is COCCCOCC(C)(NC(C)C)C(=O)OC. The monoisotopic (exact) mass is 247 g/mol. The lowest BCUT2D eigenvalue weighted by atomic mass is 10.0. The van der Waals surface area contributed by atoms with Crippen molar-refractivity contribution in [1.29, 1.82) is 0 Å². The third-order valence-electron chi connectivity index (χ3n) is 2.27. The average Bonchev–Trinajstić information content (AvgIpc) is 2.26. The summed E-state index contributed by atoms with van der Waals surface area (Å²) in [5.41, 5.74) is -0.796. The number of hydrogen-bond donors (Lipinski definition) is 1. The summed E-state index contributed by atoms with van der Waals surface area (Å²) in [6, 6.07) is 0.182. The molecule has 0 heterocycles. The molecule has 0 aliphatic rings. The maximum atomic E-state index is 11.7. The van der Waals surface area contributed by atoms with Crippen LogP contribution in [0.1, 0.15) is 27.2 Å². The van der Waals surface area contributed by atoms with Crippen LogP contribution in [0.5, 0.6) is 0 Å².